The monoisotopic (exact) mass is 291 g/mol. The second-order valence-corrected chi connectivity index (χ2v) is 5.07. The number of carboxylic acid groups (broad SMARTS) is 1. The lowest BCUT2D eigenvalue weighted by Crippen LogP contribution is -2.39. The summed E-state index contributed by atoms with van der Waals surface area (Å²) in [6.45, 7) is 3.75. The quantitative estimate of drug-likeness (QED) is 0.756. The summed E-state index contributed by atoms with van der Waals surface area (Å²) in [5.74, 6) is -0.470. The molecular formula is C16H21NO4. The number of benzene rings is 1. The van der Waals surface area contributed by atoms with Crippen LogP contribution in [0.3, 0.4) is 0 Å². The molecule has 0 fully saturated rings. The van der Waals surface area contributed by atoms with Gasteiger partial charge in [-0.15, -0.1) is 0 Å². The Morgan fingerprint density at radius 2 is 2.10 bits per heavy atom. The predicted molar refractivity (Wildman–Crippen MR) is 81.0 cm³/mol. The van der Waals surface area contributed by atoms with Crippen LogP contribution < -0.4 is 10.1 Å². The van der Waals surface area contributed by atoms with Crippen molar-refractivity contribution < 1.29 is 19.4 Å². The van der Waals surface area contributed by atoms with Crippen LogP contribution in [0.2, 0.25) is 0 Å². The molecule has 0 bridgehead atoms. The normalized spacial score (nSPS) is 12.4. The molecule has 5 heteroatoms. The molecule has 114 valence electrons. The molecule has 5 nitrogen and oxygen atoms in total. The van der Waals surface area contributed by atoms with E-state index in [4.69, 9.17) is 9.84 Å². The second-order valence-electron chi connectivity index (χ2n) is 5.07. The van der Waals surface area contributed by atoms with Gasteiger partial charge >= 0.3 is 5.97 Å². The first kappa shape index (κ1) is 16.8. The highest BCUT2D eigenvalue weighted by atomic mass is 16.5. The Morgan fingerprint density at radius 1 is 1.38 bits per heavy atom. The Kier molecular flexibility index (Phi) is 6.46. The van der Waals surface area contributed by atoms with Crippen LogP contribution in [0, 0.1) is 5.92 Å². The van der Waals surface area contributed by atoms with Gasteiger partial charge in [0.25, 0.3) is 0 Å². The fourth-order valence-corrected chi connectivity index (χ4v) is 1.79. The van der Waals surface area contributed by atoms with Gasteiger partial charge in [-0.05, 0) is 29.7 Å². The predicted octanol–water partition coefficient (Wildman–Crippen LogP) is 2.32. The topological polar surface area (TPSA) is 75.6 Å². The Labute approximate surface area is 124 Å². The van der Waals surface area contributed by atoms with Crippen molar-refractivity contribution in [2.24, 2.45) is 5.92 Å². The van der Waals surface area contributed by atoms with Gasteiger partial charge in [-0.3, -0.25) is 9.59 Å². The molecule has 1 rings (SSSR count). The van der Waals surface area contributed by atoms with E-state index in [0.717, 1.165) is 5.56 Å². The van der Waals surface area contributed by atoms with Crippen LogP contribution >= 0.6 is 0 Å². The van der Waals surface area contributed by atoms with Gasteiger partial charge in [0.15, 0.2) is 0 Å². The average molecular weight is 291 g/mol. The molecule has 0 radical (unpaired) electrons. The first-order valence-electron chi connectivity index (χ1n) is 6.76. The highest BCUT2D eigenvalue weighted by molar-refractivity contribution is 5.92. The SMILES string of the molecule is COc1cccc(/C=C/C(=O)NC(CC(=O)O)C(C)C)c1. The number of nitrogens with one attached hydrogen (secondary N) is 1. The van der Waals surface area contributed by atoms with E-state index in [-0.39, 0.29) is 24.3 Å². The number of hydrogen-bond donors (Lipinski definition) is 2. The number of hydrogen-bond acceptors (Lipinski definition) is 3. The zero-order valence-corrected chi connectivity index (χ0v) is 12.5. The largest absolute Gasteiger partial charge is 0.497 e. The summed E-state index contributed by atoms with van der Waals surface area (Å²) in [7, 11) is 1.58. The van der Waals surface area contributed by atoms with Crippen molar-refractivity contribution in [2.75, 3.05) is 7.11 Å². The number of carbonyl (C=O) groups is 2. The van der Waals surface area contributed by atoms with E-state index in [2.05, 4.69) is 5.32 Å². The van der Waals surface area contributed by atoms with Crippen molar-refractivity contribution in [2.45, 2.75) is 26.3 Å². The molecule has 0 spiro atoms. The summed E-state index contributed by atoms with van der Waals surface area (Å²) in [6.07, 6.45) is 2.97. The van der Waals surface area contributed by atoms with Crippen LogP contribution in [0.1, 0.15) is 25.8 Å². The van der Waals surface area contributed by atoms with E-state index < -0.39 is 5.97 Å². The summed E-state index contributed by atoms with van der Waals surface area (Å²) in [5.41, 5.74) is 0.837. The molecule has 2 N–H and O–H groups in total. The van der Waals surface area contributed by atoms with E-state index >= 15 is 0 Å². The Hall–Kier alpha value is -2.30. The van der Waals surface area contributed by atoms with E-state index in [1.165, 1.54) is 6.08 Å². The van der Waals surface area contributed by atoms with Gasteiger partial charge in [-0.25, -0.2) is 0 Å². The van der Waals surface area contributed by atoms with E-state index in [1.54, 1.807) is 19.3 Å². The van der Waals surface area contributed by atoms with Crippen molar-refractivity contribution in [1.29, 1.82) is 0 Å². The molecule has 0 aromatic heterocycles. The van der Waals surface area contributed by atoms with Crippen molar-refractivity contribution in [3.05, 3.63) is 35.9 Å². The molecule has 1 unspecified atom stereocenters. The standard InChI is InChI=1S/C16H21NO4/c1-11(2)14(10-16(19)20)17-15(18)8-7-12-5-4-6-13(9-12)21-3/h4-9,11,14H,10H2,1-3H3,(H,17,18)(H,19,20)/b8-7+. The third-order valence-electron chi connectivity index (χ3n) is 3.05. The lowest BCUT2D eigenvalue weighted by molar-refractivity contribution is -0.138. The first-order chi connectivity index (χ1) is 9.92. The molecule has 1 aromatic rings. The maximum absolute atomic E-state index is 11.8. The number of amides is 1. The van der Waals surface area contributed by atoms with Gasteiger partial charge < -0.3 is 15.2 Å². The first-order valence-corrected chi connectivity index (χ1v) is 6.76. The lowest BCUT2D eigenvalue weighted by atomic mass is 10.0. The van der Waals surface area contributed by atoms with Gasteiger partial charge in [0.1, 0.15) is 5.75 Å². The van der Waals surface area contributed by atoms with Crippen LogP contribution in [0.25, 0.3) is 6.08 Å². The molecular weight excluding hydrogens is 270 g/mol. The molecule has 0 saturated heterocycles. The highest BCUT2D eigenvalue weighted by Gasteiger charge is 2.18. The van der Waals surface area contributed by atoms with E-state index in [0.29, 0.717) is 5.75 Å². The number of rotatable bonds is 7. The Bertz CT molecular complexity index is 523. The molecule has 0 aliphatic rings. The summed E-state index contributed by atoms with van der Waals surface area (Å²) in [5, 5.41) is 11.5. The second kappa shape index (κ2) is 8.09. The van der Waals surface area contributed by atoms with Crippen LogP contribution in [0.4, 0.5) is 0 Å². The van der Waals surface area contributed by atoms with E-state index in [1.807, 2.05) is 32.0 Å². The number of methoxy groups -OCH3 is 1. The number of ether oxygens (including phenoxy) is 1. The van der Waals surface area contributed by atoms with Crippen LogP contribution in [-0.2, 0) is 9.59 Å². The van der Waals surface area contributed by atoms with E-state index in [9.17, 15) is 9.59 Å². The van der Waals surface area contributed by atoms with Gasteiger partial charge in [0.2, 0.25) is 5.91 Å². The van der Waals surface area contributed by atoms with Gasteiger partial charge in [-0.1, -0.05) is 26.0 Å². The smallest absolute Gasteiger partial charge is 0.305 e. The number of carboxylic acids is 1. The average Bonchev–Trinajstić information content (AvgIpc) is 2.44. The van der Waals surface area contributed by atoms with Gasteiger partial charge in [0, 0.05) is 12.1 Å². The summed E-state index contributed by atoms with van der Waals surface area (Å²) in [6, 6.07) is 6.92. The molecule has 0 aliphatic heterocycles. The zero-order chi connectivity index (χ0) is 15.8. The third-order valence-corrected chi connectivity index (χ3v) is 3.05. The molecule has 1 atom stereocenters. The van der Waals surface area contributed by atoms with Gasteiger partial charge in [-0.2, -0.15) is 0 Å². The summed E-state index contributed by atoms with van der Waals surface area (Å²) < 4.78 is 5.10. The van der Waals surface area contributed by atoms with Crippen molar-refractivity contribution >= 4 is 18.0 Å². The molecule has 0 aliphatic carbocycles. The third kappa shape index (κ3) is 6.12. The minimum Gasteiger partial charge on any atom is -0.497 e. The summed E-state index contributed by atoms with van der Waals surface area (Å²) in [4.78, 5) is 22.6. The molecule has 0 saturated carbocycles. The van der Waals surface area contributed by atoms with Crippen molar-refractivity contribution in [1.82, 2.24) is 5.32 Å². The fourth-order valence-electron chi connectivity index (χ4n) is 1.79. The minimum absolute atomic E-state index is 0.0512. The molecule has 0 heterocycles. The minimum atomic E-state index is -0.925. The molecule has 1 aromatic carbocycles. The van der Waals surface area contributed by atoms with Gasteiger partial charge in [0.05, 0.1) is 13.5 Å². The van der Waals surface area contributed by atoms with Crippen molar-refractivity contribution in [3.8, 4) is 5.75 Å². The molecule has 21 heavy (non-hydrogen) atoms. The Balaban J connectivity index is 2.66. The van der Waals surface area contributed by atoms with Crippen molar-refractivity contribution in [3.63, 3.8) is 0 Å². The highest BCUT2D eigenvalue weighted by Crippen LogP contribution is 2.13. The maximum atomic E-state index is 11.8. The maximum Gasteiger partial charge on any atom is 0.305 e. The fraction of sp³-hybridized carbons (Fsp3) is 0.375. The van der Waals surface area contributed by atoms with Crippen LogP contribution in [0.15, 0.2) is 30.3 Å². The molecule has 1 amide bonds. The lowest BCUT2D eigenvalue weighted by Gasteiger charge is -2.19. The zero-order valence-electron chi connectivity index (χ0n) is 12.5. The van der Waals surface area contributed by atoms with Crippen LogP contribution in [0.5, 0.6) is 5.75 Å². The Morgan fingerprint density at radius 3 is 2.67 bits per heavy atom. The number of carbonyl (C=O) groups excluding carboxylic acids is 1. The summed E-state index contributed by atoms with van der Waals surface area (Å²) >= 11 is 0. The number of aliphatic carboxylic acids is 1. The van der Waals surface area contributed by atoms with Crippen LogP contribution in [-0.4, -0.2) is 30.1 Å².